The van der Waals surface area contributed by atoms with Crippen LogP contribution >= 0.6 is 11.3 Å². The van der Waals surface area contributed by atoms with Gasteiger partial charge in [0.25, 0.3) is 0 Å². The summed E-state index contributed by atoms with van der Waals surface area (Å²) < 4.78 is 14.0. The summed E-state index contributed by atoms with van der Waals surface area (Å²) >= 11 is 1.75. The predicted molar refractivity (Wildman–Crippen MR) is 125 cm³/mol. The molecule has 2 aliphatic heterocycles. The summed E-state index contributed by atoms with van der Waals surface area (Å²) in [5.74, 6) is 0.0351. The Kier molecular flexibility index (Phi) is 6.67. The van der Waals surface area contributed by atoms with E-state index in [-0.39, 0.29) is 23.7 Å². The first-order valence-corrected chi connectivity index (χ1v) is 12.2. The quantitative estimate of drug-likeness (QED) is 0.699. The van der Waals surface area contributed by atoms with Gasteiger partial charge in [0.05, 0.1) is 6.04 Å². The third-order valence-corrected chi connectivity index (χ3v) is 7.40. The van der Waals surface area contributed by atoms with Crippen molar-refractivity contribution >= 4 is 23.2 Å². The Labute approximate surface area is 193 Å². The van der Waals surface area contributed by atoms with E-state index in [0.717, 1.165) is 18.5 Å². The Hall–Kier alpha value is -2.25. The van der Waals surface area contributed by atoms with Crippen molar-refractivity contribution < 1.29 is 14.0 Å². The predicted octanol–water partition coefficient (Wildman–Crippen LogP) is 3.94. The summed E-state index contributed by atoms with van der Waals surface area (Å²) in [4.78, 5) is 32.8. The summed E-state index contributed by atoms with van der Waals surface area (Å²) in [5, 5.41) is 2.10. The Balaban J connectivity index is 1.39. The van der Waals surface area contributed by atoms with E-state index < -0.39 is 5.41 Å². The zero-order valence-corrected chi connectivity index (χ0v) is 20.0. The Bertz CT molecular complexity index is 976. The molecular weight excluding hydrogens is 425 g/mol. The molecule has 0 aliphatic carbocycles. The molecule has 2 aliphatic rings. The van der Waals surface area contributed by atoms with Crippen molar-refractivity contribution in [3.05, 3.63) is 57.5 Å². The number of carbonyl (C=O) groups excluding carboxylic acids is 2. The Morgan fingerprint density at radius 3 is 2.47 bits per heavy atom. The number of fused-ring (bicyclic) bond motifs is 1. The number of benzene rings is 1. The Morgan fingerprint density at radius 2 is 1.78 bits per heavy atom. The summed E-state index contributed by atoms with van der Waals surface area (Å²) in [7, 11) is 0. The van der Waals surface area contributed by atoms with Gasteiger partial charge in [-0.25, -0.2) is 4.39 Å². The van der Waals surface area contributed by atoms with Gasteiger partial charge in [0.1, 0.15) is 5.82 Å². The molecule has 7 heteroatoms. The molecule has 1 atom stereocenters. The highest BCUT2D eigenvalue weighted by atomic mass is 32.1. The van der Waals surface area contributed by atoms with E-state index in [9.17, 15) is 14.0 Å². The molecule has 0 spiro atoms. The molecule has 5 nitrogen and oxygen atoms in total. The number of carbonyl (C=O) groups is 2. The fraction of sp³-hybridized carbons (Fsp3) is 0.520. The van der Waals surface area contributed by atoms with Gasteiger partial charge in [-0.1, -0.05) is 32.9 Å². The first-order valence-electron chi connectivity index (χ1n) is 11.4. The van der Waals surface area contributed by atoms with Crippen LogP contribution in [0.5, 0.6) is 0 Å². The zero-order chi connectivity index (χ0) is 22.9. The second kappa shape index (κ2) is 9.32. The van der Waals surface area contributed by atoms with E-state index in [1.807, 2.05) is 36.6 Å². The molecule has 1 aromatic carbocycles. The molecule has 1 saturated heterocycles. The van der Waals surface area contributed by atoms with Crippen LogP contribution in [0.25, 0.3) is 0 Å². The second-order valence-corrected chi connectivity index (χ2v) is 10.7. The Morgan fingerprint density at radius 1 is 1.06 bits per heavy atom. The van der Waals surface area contributed by atoms with Gasteiger partial charge in [-0.3, -0.25) is 14.5 Å². The highest BCUT2D eigenvalue weighted by Crippen LogP contribution is 2.38. The highest BCUT2D eigenvalue weighted by Gasteiger charge is 2.32. The van der Waals surface area contributed by atoms with Crippen LogP contribution in [0.1, 0.15) is 49.2 Å². The molecule has 0 unspecified atom stereocenters. The third kappa shape index (κ3) is 4.89. The third-order valence-electron chi connectivity index (χ3n) is 6.40. The van der Waals surface area contributed by atoms with Gasteiger partial charge in [-0.15, -0.1) is 11.3 Å². The molecule has 0 saturated carbocycles. The van der Waals surface area contributed by atoms with E-state index in [4.69, 9.17) is 0 Å². The molecule has 32 heavy (non-hydrogen) atoms. The molecule has 4 rings (SSSR count). The van der Waals surface area contributed by atoms with Gasteiger partial charge < -0.3 is 9.80 Å². The maximum Gasteiger partial charge on any atom is 0.228 e. The zero-order valence-electron chi connectivity index (χ0n) is 19.1. The standard InChI is InChI=1S/C25H32FN3O2S/c1-25(2,3)24(31)29-14-12-27(13-15-29)22(30)8-11-28-10-7-21-20(9-16-32-21)23(28)18-5-4-6-19(26)17-18/h4-6,9,16-17,23H,7-8,10-15H2,1-3H3/t23-/m1/s1. The number of rotatable bonds is 4. The van der Waals surface area contributed by atoms with Crippen molar-refractivity contribution in [1.82, 2.24) is 14.7 Å². The van der Waals surface area contributed by atoms with Crippen molar-refractivity contribution in [3.8, 4) is 0 Å². The number of hydrogen-bond donors (Lipinski definition) is 0. The largest absolute Gasteiger partial charge is 0.339 e. The van der Waals surface area contributed by atoms with Crippen LogP contribution in [-0.2, 0) is 16.0 Å². The molecule has 172 valence electrons. The summed E-state index contributed by atoms with van der Waals surface area (Å²) in [6, 6.07) is 8.92. The molecular formula is C25H32FN3O2S. The smallest absolute Gasteiger partial charge is 0.228 e. The second-order valence-electron chi connectivity index (χ2n) is 9.72. The van der Waals surface area contributed by atoms with E-state index in [1.54, 1.807) is 23.5 Å². The van der Waals surface area contributed by atoms with Gasteiger partial charge in [0.2, 0.25) is 11.8 Å². The van der Waals surface area contributed by atoms with Crippen molar-refractivity contribution in [3.63, 3.8) is 0 Å². The number of amides is 2. The summed E-state index contributed by atoms with van der Waals surface area (Å²) in [6.07, 6.45) is 1.39. The average Bonchev–Trinajstić information content (AvgIpc) is 3.25. The van der Waals surface area contributed by atoms with E-state index in [2.05, 4.69) is 16.3 Å². The maximum absolute atomic E-state index is 14.0. The molecule has 0 N–H and O–H groups in total. The fourth-order valence-electron chi connectivity index (χ4n) is 4.71. The molecule has 2 amide bonds. The topological polar surface area (TPSA) is 43.9 Å². The lowest BCUT2D eigenvalue weighted by Crippen LogP contribution is -2.53. The van der Waals surface area contributed by atoms with Crippen LogP contribution < -0.4 is 0 Å². The van der Waals surface area contributed by atoms with Gasteiger partial charge in [-0.2, -0.15) is 0 Å². The van der Waals surface area contributed by atoms with Gasteiger partial charge in [0.15, 0.2) is 0 Å². The minimum atomic E-state index is -0.396. The van der Waals surface area contributed by atoms with Crippen molar-refractivity contribution in [1.29, 1.82) is 0 Å². The van der Waals surface area contributed by atoms with Crippen molar-refractivity contribution in [2.45, 2.75) is 39.7 Å². The molecule has 0 bridgehead atoms. The number of hydrogen-bond acceptors (Lipinski definition) is 4. The van der Waals surface area contributed by atoms with Gasteiger partial charge in [0, 0.05) is 56.0 Å². The van der Waals surface area contributed by atoms with Crippen LogP contribution in [0.3, 0.4) is 0 Å². The molecule has 1 aromatic heterocycles. The maximum atomic E-state index is 14.0. The first-order chi connectivity index (χ1) is 15.2. The number of piperazine rings is 1. The van der Waals surface area contributed by atoms with Gasteiger partial charge >= 0.3 is 0 Å². The molecule has 2 aromatic rings. The minimum Gasteiger partial charge on any atom is -0.339 e. The lowest BCUT2D eigenvalue weighted by atomic mass is 9.93. The highest BCUT2D eigenvalue weighted by molar-refractivity contribution is 7.10. The van der Waals surface area contributed by atoms with Crippen LogP contribution in [-0.4, -0.2) is 65.8 Å². The van der Waals surface area contributed by atoms with E-state index >= 15 is 0 Å². The van der Waals surface area contributed by atoms with E-state index in [1.165, 1.54) is 16.5 Å². The fourth-order valence-corrected chi connectivity index (χ4v) is 5.61. The van der Waals surface area contributed by atoms with Crippen LogP contribution in [0.15, 0.2) is 35.7 Å². The number of nitrogens with zero attached hydrogens (tertiary/aromatic N) is 3. The summed E-state index contributed by atoms with van der Waals surface area (Å²) in [5.41, 5.74) is 1.77. The minimum absolute atomic E-state index is 0.0187. The van der Waals surface area contributed by atoms with Crippen LogP contribution in [0.4, 0.5) is 4.39 Å². The monoisotopic (exact) mass is 457 g/mol. The molecule has 0 radical (unpaired) electrons. The van der Waals surface area contributed by atoms with Crippen LogP contribution in [0, 0.1) is 11.2 Å². The first kappa shape index (κ1) is 22.9. The van der Waals surface area contributed by atoms with Crippen molar-refractivity contribution in [2.24, 2.45) is 5.41 Å². The lowest BCUT2D eigenvalue weighted by molar-refractivity contribution is -0.145. The molecule has 3 heterocycles. The SMILES string of the molecule is CC(C)(C)C(=O)N1CCN(C(=O)CCN2CCc3sccc3[C@H]2c2cccc(F)c2)CC1. The normalized spacial score (nSPS) is 19.7. The molecule has 1 fully saturated rings. The number of halogens is 1. The van der Waals surface area contributed by atoms with E-state index in [0.29, 0.717) is 39.1 Å². The van der Waals surface area contributed by atoms with Gasteiger partial charge in [-0.05, 0) is 41.1 Å². The van der Waals surface area contributed by atoms with Crippen LogP contribution in [0.2, 0.25) is 0 Å². The summed E-state index contributed by atoms with van der Waals surface area (Å²) in [6.45, 7) is 9.64. The van der Waals surface area contributed by atoms with Crippen molar-refractivity contribution in [2.75, 3.05) is 39.3 Å². The average molecular weight is 458 g/mol. The number of thiophene rings is 1. The lowest BCUT2D eigenvalue weighted by Gasteiger charge is -2.39.